The Hall–Kier alpha value is -1.76. The van der Waals surface area contributed by atoms with E-state index >= 15 is 0 Å². The third-order valence-electron chi connectivity index (χ3n) is 3.55. The van der Waals surface area contributed by atoms with Crippen LogP contribution in [0.3, 0.4) is 0 Å². The van der Waals surface area contributed by atoms with Crippen LogP contribution in [0, 0.1) is 0 Å². The van der Waals surface area contributed by atoms with E-state index in [1.807, 2.05) is 11.9 Å². The zero-order valence-corrected chi connectivity index (χ0v) is 10.3. The van der Waals surface area contributed by atoms with Crippen molar-refractivity contribution in [2.45, 2.75) is 31.3 Å². The van der Waals surface area contributed by atoms with Crippen molar-refractivity contribution in [1.29, 1.82) is 0 Å². The van der Waals surface area contributed by atoms with E-state index in [1.54, 1.807) is 16.9 Å². The molecule has 0 atom stereocenters. The first-order valence-corrected chi connectivity index (χ1v) is 6.14. The van der Waals surface area contributed by atoms with E-state index in [1.165, 1.54) is 0 Å². The van der Waals surface area contributed by atoms with Crippen molar-refractivity contribution in [3.05, 3.63) is 12.4 Å². The standard InChI is InChI=1S/C11H16N6O/c1-16(8-11(18)4-2-3-5-11)10-7-12-6-9-13-14-15-17(9)10/h6-7,18H,2-5,8H2,1H3. The van der Waals surface area contributed by atoms with Crippen LogP contribution in [-0.2, 0) is 0 Å². The number of aliphatic hydroxyl groups is 1. The van der Waals surface area contributed by atoms with E-state index in [9.17, 15) is 5.11 Å². The minimum absolute atomic E-state index is 0.577. The van der Waals surface area contributed by atoms with Gasteiger partial charge in [-0.25, -0.2) is 0 Å². The van der Waals surface area contributed by atoms with Gasteiger partial charge in [0.2, 0.25) is 0 Å². The van der Waals surface area contributed by atoms with Crippen molar-refractivity contribution in [1.82, 2.24) is 25.0 Å². The molecule has 1 saturated carbocycles. The molecule has 7 nitrogen and oxygen atoms in total. The maximum absolute atomic E-state index is 10.4. The smallest absolute Gasteiger partial charge is 0.199 e. The van der Waals surface area contributed by atoms with Crippen LogP contribution < -0.4 is 4.90 Å². The minimum atomic E-state index is -0.592. The Labute approximate surface area is 104 Å². The molecule has 1 N–H and O–H groups in total. The number of likely N-dealkylation sites (N-methyl/N-ethyl adjacent to an activating group) is 1. The Morgan fingerprint density at radius 2 is 2.17 bits per heavy atom. The van der Waals surface area contributed by atoms with Gasteiger partial charge in [-0.3, -0.25) is 4.98 Å². The molecular weight excluding hydrogens is 232 g/mol. The molecule has 2 heterocycles. The van der Waals surface area contributed by atoms with Crippen LogP contribution in [0.1, 0.15) is 25.7 Å². The number of aromatic nitrogens is 5. The van der Waals surface area contributed by atoms with Crippen molar-refractivity contribution in [2.75, 3.05) is 18.5 Å². The van der Waals surface area contributed by atoms with E-state index < -0.39 is 5.60 Å². The monoisotopic (exact) mass is 248 g/mol. The summed E-state index contributed by atoms with van der Waals surface area (Å²) in [6.07, 6.45) is 7.23. The molecule has 0 spiro atoms. The van der Waals surface area contributed by atoms with E-state index in [4.69, 9.17) is 0 Å². The second-order valence-corrected chi connectivity index (χ2v) is 5.00. The largest absolute Gasteiger partial charge is 0.388 e. The average Bonchev–Trinajstić information content (AvgIpc) is 2.96. The fourth-order valence-corrected chi connectivity index (χ4v) is 2.64. The Morgan fingerprint density at radius 1 is 1.39 bits per heavy atom. The fraction of sp³-hybridized carbons (Fsp3) is 0.636. The van der Waals surface area contributed by atoms with Crippen LogP contribution in [0.5, 0.6) is 0 Å². The molecule has 1 aliphatic rings. The van der Waals surface area contributed by atoms with Gasteiger partial charge in [0.25, 0.3) is 0 Å². The highest BCUT2D eigenvalue weighted by molar-refractivity contribution is 5.45. The van der Waals surface area contributed by atoms with E-state index in [-0.39, 0.29) is 0 Å². The summed E-state index contributed by atoms with van der Waals surface area (Å²) in [5, 5.41) is 21.8. The Kier molecular flexibility index (Phi) is 2.62. The van der Waals surface area contributed by atoms with E-state index in [0.717, 1.165) is 31.5 Å². The molecule has 96 valence electrons. The normalized spacial score (nSPS) is 18.3. The molecule has 1 aliphatic carbocycles. The van der Waals surface area contributed by atoms with Crippen molar-refractivity contribution >= 4 is 11.5 Å². The molecule has 0 aromatic carbocycles. The van der Waals surface area contributed by atoms with E-state index in [0.29, 0.717) is 12.2 Å². The van der Waals surface area contributed by atoms with Gasteiger partial charge in [0.1, 0.15) is 0 Å². The van der Waals surface area contributed by atoms with Crippen LogP contribution in [-0.4, -0.2) is 49.3 Å². The number of fused-ring (bicyclic) bond motifs is 1. The van der Waals surface area contributed by atoms with Crippen molar-refractivity contribution < 1.29 is 5.11 Å². The number of nitrogens with zero attached hydrogens (tertiary/aromatic N) is 6. The molecule has 0 saturated heterocycles. The van der Waals surface area contributed by atoms with Gasteiger partial charge in [-0.05, 0) is 23.3 Å². The summed E-state index contributed by atoms with van der Waals surface area (Å²) >= 11 is 0. The first kappa shape index (κ1) is 11.3. The number of hydrogen-bond acceptors (Lipinski definition) is 6. The molecule has 3 rings (SSSR count). The predicted molar refractivity (Wildman–Crippen MR) is 65.3 cm³/mol. The third-order valence-corrected chi connectivity index (χ3v) is 3.55. The summed E-state index contributed by atoms with van der Waals surface area (Å²) in [6.45, 7) is 0.577. The maximum atomic E-state index is 10.4. The fourth-order valence-electron chi connectivity index (χ4n) is 2.64. The zero-order valence-electron chi connectivity index (χ0n) is 10.3. The van der Waals surface area contributed by atoms with E-state index in [2.05, 4.69) is 20.5 Å². The zero-order chi connectivity index (χ0) is 12.6. The number of tetrazole rings is 1. The SMILES string of the molecule is CN(CC1(O)CCCC1)c1cncc2nnnn12. The summed E-state index contributed by atoms with van der Waals surface area (Å²) in [7, 11) is 1.93. The molecule has 18 heavy (non-hydrogen) atoms. The van der Waals surface area contributed by atoms with Crippen LogP contribution in [0.15, 0.2) is 12.4 Å². The Balaban J connectivity index is 1.87. The van der Waals surface area contributed by atoms with Gasteiger partial charge in [-0.2, -0.15) is 4.52 Å². The van der Waals surface area contributed by atoms with Crippen LogP contribution in [0.4, 0.5) is 5.82 Å². The molecule has 0 unspecified atom stereocenters. The lowest BCUT2D eigenvalue weighted by Crippen LogP contribution is -2.40. The third kappa shape index (κ3) is 1.90. The number of anilines is 1. The summed E-state index contributed by atoms with van der Waals surface area (Å²) in [5.74, 6) is 0.790. The summed E-state index contributed by atoms with van der Waals surface area (Å²) < 4.78 is 1.63. The quantitative estimate of drug-likeness (QED) is 0.839. The summed E-state index contributed by atoms with van der Waals surface area (Å²) in [6, 6.07) is 0. The van der Waals surface area contributed by atoms with Crippen LogP contribution >= 0.6 is 0 Å². The molecule has 0 amide bonds. The molecule has 0 radical (unpaired) electrons. The molecule has 7 heteroatoms. The van der Waals surface area contributed by atoms with Crippen molar-refractivity contribution in [3.8, 4) is 0 Å². The van der Waals surface area contributed by atoms with Crippen molar-refractivity contribution in [3.63, 3.8) is 0 Å². The molecule has 0 aliphatic heterocycles. The highest BCUT2D eigenvalue weighted by Crippen LogP contribution is 2.30. The van der Waals surface area contributed by atoms with Gasteiger partial charge in [0.15, 0.2) is 11.5 Å². The second kappa shape index (κ2) is 4.16. The van der Waals surface area contributed by atoms with Gasteiger partial charge >= 0.3 is 0 Å². The highest BCUT2D eigenvalue weighted by atomic mass is 16.3. The van der Waals surface area contributed by atoms with Gasteiger partial charge in [0, 0.05) is 13.6 Å². The van der Waals surface area contributed by atoms with Gasteiger partial charge in [-0.15, -0.1) is 5.10 Å². The first-order chi connectivity index (χ1) is 8.68. The lowest BCUT2D eigenvalue weighted by atomic mass is 10.0. The van der Waals surface area contributed by atoms with Crippen LogP contribution in [0.2, 0.25) is 0 Å². The van der Waals surface area contributed by atoms with Gasteiger partial charge in [-0.1, -0.05) is 12.8 Å². The lowest BCUT2D eigenvalue weighted by molar-refractivity contribution is 0.0557. The number of rotatable bonds is 3. The van der Waals surface area contributed by atoms with Gasteiger partial charge < -0.3 is 10.0 Å². The van der Waals surface area contributed by atoms with Crippen molar-refractivity contribution in [2.24, 2.45) is 0 Å². The lowest BCUT2D eigenvalue weighted by Gasteiger charge is -2.29. The minimum Gasteiger partial charge on any atom is -0.388 e. The Bertz CT molecular complexity index is 547. The maximum Gasteiger partial charge on any atom is 0.199 e. The highest BCUT2D eigenvalue weighted by Gasteiger charge is 2.32. The first-order valence-electron chi connectivity index (χ1n) is 6.14. The summed E-state index contributed by atoms with van der Waals surface area (Å²) in [5.41, 5.74) is 0.0167. The second-order valence-electron chi connectivity index (χ2n) is 5.00. The number of hydrogen-bond donors (Lipinski definition) is 1. The molecular formula is C11H16N6O. The average molecular weight is 248 g/mol. The Morgan fingerprint density at radius 3 is 2.94 bits per heavy atom. The molecule has 0 bridgehead atoms. The van der Waals surface area contributed by atoms with Gasteiger partial charge in [0.05, 0.1) is 18.0 Å². The molecule has 2 aromatic heterocycles. The predicted octanol–water partition coefficient (Wildman–Crippen LogP) is 0.261. The molecule has 1 fully saturated rings. The topological polar surface area (TPSA) is 79.4 Å². The summed E-state index contributed by atoms with van der Waals surface area (Å²) in [4.78, 5) is 6.08. The molecule has 2 aromatic rings. The van der Waals surface area contributed by atoms with Crippen LogP contribution in [0.25, 0.3) is 5.65 Å².